The van der Waals surface area contributed by atoms with Crippen molar-refractivity contribution in [3.8, 4) is 11.5 Å². The Morgan fingerprint density at radius 3 is 2.74 bits per heavy atom. The fraction of sp³-hybridized carbons (Fsp3) is 0.286. The number of hydrogen-bond acceptors (Lipinski definition) is 4. The summed E-state index contributed by atoms with van der Waals surface area (Å²) in [7, 11) is 0. The molecule has 0 spiro atoms. The highest BCUT2D eigenvalue weighted by Gasteiger charge is 2.34. The Hall–Kier alpha value is -2.01. The topological polar surface area (TPSA) is 38.8 Å². The van der Waals surface area contributed by atoms with Crippen molar-refractivity contribution in [1.29, 1.82) is 0 Å². The summed E-state index contributed by atoms with van der Waals surface area (Å²) >= 11 is 12.2. The monoisotopic (exact) mass is 403 g/mol. The fourth-order valence-electron chi connectivity index (χ4n) is 3.37. The summed E-state index contributed by atoms with van der Waals surface area (Å²) in [5, 5.41) is 1.30. The van der Waals surface area contributed by atoms with E-state index in [1.54, 1.807) is 12.1 Å². The van der Waals surface area contributed by atoms with Gasteiger partial charge in [-0.2, -0.15) is 0 Å². The molecule has 4 nitrogen and oxygen atoms in total. The zero-order valence-corrected chi connectivity index (χ0v) is 16.7. The van der Waals surface area contributed by atoms with Gasteiger partial charge in [0.2, 0.25) is 5.78 Å². The van der Waals surface area contributed by atoms with Gasteiger partial charge in [-0.3, -0.25) is 9.69 Å². The van der Waals surface area contributed by atoms with Gasteiger partial charge in [-0.15, -0.1) is 0 Å². The number of benzene rings is 2. The van der Waals surface area contributed by atoms with Crippen LogP contribution in [-0.4, -0.2) is 24.0 Å². The maximum atomic E-state index is 12.5. The van der Waals surface area contributed by atoms with Crippen molar-refractivity contribution < 1.29 is 14.3 Å². The predicted molar refractivity (Wildman–Crippen MR) is 106 cm³/mol. The summed E-state index contributed by atoms with van der Waals surface area (Å²) in [4.78, 5) is 14.7. The van der Waals surface area contributed by atoms with E-state index in [4.69, 9.17) is 32.7 Å². The second-order valence-corrected chi connectivity index (χ2v) is 7.83. The second-order valence-electron chi connectivity index (χ2n) is 6.99. The quantitative estimate of drug-likeness (QED) is 0.655. The van der Waals surface area contributed by atoms with E-state index in [9.17, 15) is 4.79 Å². The maximum Gasteiger partial charge on any atom is 0.231 e. The van der Waals surface area contributed by atoms with E-state index in [2.05, 4.69) is 4.90 Å². The van der Waals surface area contributed by atoms with Gasteiger partial charge in [0, 0.05) is 23.1 Å². The zero-order chi connectivity index (χ0) is 19.1. The maximum absolute atomic E-state index is 12.5. The van der Waals surface area contributed by atoms with Crippen LogP contribution in [0.4, 0.5) is 0 Å². The van der Waals surface area contributed by atoms with Crippen LogP contribution in [0.3, 0.4) is 0 Å². The molecule has 0 atom stereocenters. The smallest absolute Gasteiger partial charge is 0.231 e. The summed E-state index contributed by atoms with van der Waals surface area (Å²) in [6.07, 6.45) is 0.780. The van der Waals surface area contributed by atoms with E-state index < -0.39 is 0 Å². The van der Waals surface area contributed by atoms with E-state index in [1.807, 2.05) is 32.0 Å². The number of rotatable bonds is 3. The van der Waals surface area contributed by atoms with E-state index in [-0.39, 0.29) is 5.78 Å². The third-order valence-corrected chi connectivity index (χ3v) is 5.41. The number of carbonyl (C=O) groups is 1. The Labute approximate surface area is 168 Å². The van der Waals surface area contributed by atoms with Crippen molar-refractivity contribution in [2.24, 2.45) is 0 Å². The molecule has 2 aromatic rings. The van der Waals surface area contributed by atoms with Crippen molar-refractivity contribution in [3.05, 3.63) is 68.4 Å². The first-order chi connectivity index (χ1) is 12.9. The van der Waals surface area contributed by atoms with Crippen LogP contribution < -0.4 is 9.47 Å². The van der Waals surface area contributed by atoms with Crippen LogP contribution >= 0.6 is 23.2 Å². The molecule has 0 amide bonds. The summed E-state index contributed by atoms with van der Waals surface area (Å²) in [6, 6.07) is 9.20. The molecule has 0 aromatic heterocycles. The Balaban J connectivity index is 1.54. The van der Waals surface area contributed by atoms with Crippen LogP contribution in [0.2, 0.25) is 10.0 Å². The summed E-state index contributed by atoms with van der Waals surface area (Å²) in [5.74, 6) is 1.77. The third-order valence-electron chi connectivity index (χ3n) is 4.82. The third kappa shape index (κ3) is 3.45. The van der Waals surface area contributed by atoms with Crippen molar-refractivity contribution in [2.45, 2.75) is 26.8 Å². The van der Waals surface area contributed by atoms with Crippen LogP contribution in [0.15, 0.2) is 41.7 Å². The van der Waals surface area contributed by atoms with E-state index in [1.165, 1.54) is 0 Å². The van der Waals surface area contributed by atoms with Crippen molar-refractivity contribution in [3.63, 3.8) is 0 Å². The van der Waals surface area contributed by atoms with Gasteiger partial charge in [0.1, 0.15) is 18.2 Å². The lowest BCUT2D eigenvalue weighted by Gasteiger charge is -2.29. The van der Waals surface area contributed by atoms with Gasteiger partial charge in [-0.1, -0.05) is 29.3 Å². The minimum Gasteiger partial charge on any atom is -0.478 e. The number of Topliss-reactive ketones (excluding diaryl/α,β-unsaturated/α-hetero) is 1. The van der Waals surface area contributed by atoms with Crippen LogP contribution in [0.25, 0.3) is 0 Å². The molecule has 0 fully saturated rings. The minimum absolute atomic E-state index is 0.0575. The fourth-order valence-corrected chi connectivity index (χ4v) is 3.87. The molecule has 4 rings (SSSR count). The Morgan fingerprint density at radius 2 is 2.00 bits per heavy atom. The van der Waals surface area contributed by atoms with Gasteiger partial charge < -0.3 is 9.47 Å². The van der Waals surface area contributed by atoms with Crippen molar-refractivity contribution in [2.75, 3.05) is 13.3 Å². The van der Waals surface area contributed by atoms with E-state index in [0.717, 1.165) is 35.4 Å². The Bertz CT molecular complexity index is 964. The van der Waals surface area contributed by atoms with E-state index in [0.29, 0.717) is 40.4 Å². The number of allylic oxidation sites excluding steroid dienone is 2. The molecular weight excluding hydrogens is 385 g/mol. The highest BCUT2D eigenvalue weighted by molar-refractivity contribution is 6.35. The average Bonchev–Trinajstić information content (AvgIpc) is 2.98. The molecule has 27 heavy (non-hydrogen) atoms. The molecule has 140 valence electrons. The van der Waals surface area contributed by atoms with Gasteiger partial charge in [-0.05, 0) is 55.7 Å². The normalized spacial score (nSPS) is 15.9. The average molecular weight is 404 g/mol. The van der Waals surface area contributed by atoms with Crippen LogP contribution in [0.5, 0.6) is 11.5 Å². The SMILES string of the molecule is CC(C)=C1Oc2c(ccc3c2CN(CCc2ccc(Cl)cc2Cl)CO3)C1=O. The number of nitrogens with zero attached hydrogens (tertiary/aromatic N) is 1. The highest BCUT2D eigenvalue weighted by Crippen LogP contribution is 2.42. The lowest BCUT2D eigenvalue weighted by Crippen LogP contribution is -2.33. The standard InChI is InChI=1S/C21H19Cl2NO3/c1-12(2)20-19(25)15-5-6-18-16(21(15)27-20)10-24(11-26-18)8-7-13-3-4-14(22)9-17(13)23/h3-6,9H,7-8,10-11H2,1-2H3. The number of hydrogen-bond donors (Lipinski definition) is 0. The van der Waals surface area contributed by atoms with E-state index >= 15 is 0 Å². The Morgan fingerprint density at radius 1 is 1.19 bits per heavy atom. The molecule has 0 unspecified atom stereocenters. The molecule has 0 bridgehead atoms. The first-order valence-electron chi connectivity index (χ1n) is 8.79. The predicted octanol–water partition coefficient (Wildman–Crippen LogP) is 5.26. The van der Waals surface area contributed by atoms with Gasteiger partial charge >= 0.3 is 0 Å². The van der Waals surface area contributed by atoms with Crippen LogP contribution in [0.1, 0.15) is 35.3 Å². The van der Waals surface area contributed by atoms with Crippen molar-refractivity contribution in [1.82, 2.24) is 4.90 Å². The van der Waals surface area contributed by atoms with Gasteiger partial charge in [0.25, 0.3) is 0 Å². The lowest BCUT2D eigenvalue weighted by atomic mass is 10.0. The molecule has 2 aromatic carbocycles. The molecular formula is C21H19Cl2NO3. The second kappa shape index (κ2) is 7.19. The number of halogens is 2. The summed E-state index contributed by atoms with van der Waals surface area (Å²) in [5.41, 5.74) is 3.45. The number of ketones is 1. The molecule has 2 aliphatic rings. The minimum atomic E-state index is -0.0575. The number of fused-ring (bicyclic) bond motifs is 3. The summed E-state index contributed by atoms with van der Waals surface area (Å²) in [6.45, 7) is 5.68. The molecule has 2 aliphatic heterocycles. The van der Waals surface area contributed by atoms with Gasteiger partial charge in [0.15, 0.2) is 5.76 Å². The zero-order valence-electron chi connectivity index (χ0n) is 15.1. The van der Waals surface area contributed by atoms with Gasteiger partial charge in [0.05, 0.1) is 11.1 Å². The molecule has 0 N–H and O–H groups in total. The largest absolute Gasteiger partial charge is 0.478 e. The molecule has 0 aliphatic carbocycles. The molecule has 2 heterocycles. The highest BCUT2D eigenvalue weighted by atomic mass is 35.5. The molecule has 0 saturated carbocycles. The lowest BCUT2D eigenvalue weighted by molar-refractivity contribution is 0.0949. The Kier molecular flexibility index (Phi) is 4.89. The number of carbonyl (C=O) groups excluding carboxylic acids is 1. The molecule has 0 radical (unpaired) electrons. The molecule has 0 saturated heterocycles. The van der Waals surface area contributed by atoms with Crippen LogP contribution in [0, 0.1) is 0 Å². The van der Waals surface area contributed by atoms with Gasteiger partial charge in [-0.25, -0.2) is 0 Å². The first-order valence-corrected chi connectivity index (χ1v) is 9.54. The molecule has 6 heteroatoms. The first kappa shape index (κ1) is 18.4. The number of ether oxygens (including phenoxy) is 2. The van der Waals surface area contributed by atoms with Crippen LogP contribution in [-0.2, 0) is 13.0 Å². The van der Waals surface area contributed by atoms with Crippen molar-refractivity contribution >= 4 is 29.0 Å². The summed E-state index contributed by atoms with van der Waals surface area (Å²) < 4.78 is 11.8.